The summed E-state index contributed by atoms with van der Waals surface area (Å²) >= 11 is 0. The van der Waals surface area contributed by atoms with Crippen LogP contribution in [0, 0.1) is 17.8 Å². The van der Waals surface area contributed by atoms with Gasteiger partial charge in [0.15, 0.2) is 0 Å². The third-order valence-corrected chi connectivity index (χ3v) is 1.77. The van der Waals surface area contributed by atoms with Crippen LogP contribution < -0.4 is 0 Å². The van der Waals surface area contributed by atoms with E-state index in [4.69, 9.17) is 11.5 Å². The van der Waals surface area contributed by atoms with E-state index in [1.165, 1.54) is 11.9 Å². The monoisotopic (exact) mass is 183 g/mol. The van der Waals surface area contributed by atoms with Crippen LogP contribution in [0.1, 0.15) is 27.2 Å². The smallest absolute Gasteiger partial charge is 0.408 e. The summed E-state index contributed by atoms with van der Waals surface area (Å²) in [5.74, 6) is 2.48. The van der Waals surface area contributed by atoms with Gasteiger partial charge in [0.05, 0.1) is 6.04 Å². The zero-order chi connectivity index (χ0) is 10.6. The Morgan fingerprint density at radius 3 is 2.31 bits per heavy atom. The van der Waals surface area contributed by atoms with Crippen LogP contribution in [0.3, 0.4) is 0 Å². The summed E-state index contributed by atoms with van der Waals surface area (Å²) in [5.41, 5.74) is 0.0424. The fourth-order valence-electron chi connectivity index (χ4n) is 1.02. The van der Waals surface area contributed by atoms with Gasteiger partial charge in [0.25, 0.3) is 0 Å². The van der Waals surface area contributed by atoms with Crippen molar-refractivity contribution in [3.8, 4) is 12.3 Å². The summed E-state index contributed by atoms with van der Waals surface area (Å²) in [4.78, 5) is 11.8. The molecule has 3 heteroatoms. The van der Waals surface area contributed by atoms with Crippen molar-refractivity contribution in [2.24, 2.45) is 5.41 Å². The lowest BCUT2D eigenvalue weighted by Gasteiger charge is -2.27. The molecule has 1 N–H and O–H groups in total. The molecule has 0 saturated carbocycles. The number of amides is 1. The molecule has 0 aliphatic carbocycles. The molecule has 0 bridgehead atoms. The van der Waals surface area contributed by atoms with Crippen LogP contribution in [0.4, 0.5) is 4.79 Å². The van der Waals surface area contributed by atoms with Gasteiger partial charge in [-0.1, -0.05) is 26.7 Å². The van der Waals surface area contributed by atoms with Crippen molar-refractivity contribution in [2.45, 2.75) is 33.2 Å². The first-order valence-corrected chi connectivity index (χ1v) is 4.20. The average molecular weight is 183 g/mol. The lowest BCUT2D eigenvalue weighted by atomic mass is 9.88. The van der Waals surface area contributed by atoms with Crippen LogP contribution in [0.15, 0.2) is 0 Å². The van der Waals surface area contributed by atoms with Crippen molar-refractivity contribution in [1.82, 2.24) is 4.90 Å². The van der Waals surface area contributed by atoms with Crippen molar-refractivity contribution >= 4 is 6.09 Å². The standard InChI is InChI=1S/C10H17NO2/c1-6-8(7-10(2,3)4)11(5)9(12)13/h1,8H,7H2,2-5H3,(H,12,13). The van der Waals surface area contributed by atoms with Gasteiger partial charge in [0.1, 0.15) is 0 Å². The van der Waals surface area contributed by atoms with E-state index in [1.54, 1.807) is 0 Å². The van der Waals surface area contributed by atoms with E-state index in [0.717, 1.165) is 0 Å². The van der Waals surface area contributed by atoms with Gasteiger partial charge in [-0.05, 0) is 11.8 Å². The molecule has 0 aromatic heterocycles. The molecule has 74 valence electrons. The third kappa shape index (κ3) is 4.41. The van der Waals surface area contributed by atoms with E-state index in [2.05, 4.69) is 5.92 Å². The second-order valence-electron chi connectivity index (χ2n) is 4.34. The molecule has 0 aromatic carbocycles. The Bertz CT molecular complexity index is 222. The average Bonchev–Trinajstić information content (AvgIpc) is 1.97. The van der Waals surface area contributed by atoms with Crippen molar-refractivity contribution in [3.63, 3.8) is 0 Å². The van der Waals surface area contributed by atoms with Crippen LogP contribution in [-0.2, 0) is 0 Å². The molecule has 1 atom stereocenters. The van der Waals surface area contributed by atoms with Gasteiger partial charge in [0, 0.05) is 7.05 Å². The summed E-state index contributed by atoms with van der Waals surface area (Å²) in [5, 5.41) is 8.71. The first-order valence-electron chi connectivity index (χ1n) is 4.20. The van der Waals surface area contributed by atoms with Crippen molar-refractivity contribution in [2.75, 3.05) is 7.05 Å². The maximum atomic E-state index is 10.6. The molecule has 0 aliphatic rings. The molecule has 0 heterocycles. The first kappa shape index (κ1) is 11.8. The molecule has 0 radical (unpaired) electrons. The number of carboxylic acid groups (broad SMARTS) is 1. The summed E-state index contributed by atoms with van der Waals surface area (Å²) in [6, 6.07) is -0.336. The Labute approximate surface area is 79.7 Å². The van der Waals surface area contributed by atoms with Gasteiger partial charge in [-0.25, -0.2) is 4.79 Å². The highest BCUT2D eigenvalue weighted by molar-refractivity contribution is 5.65. The molecule has 0 saturated heterocycles. The SMILES string of the molecule is C#CC(CC(C)(C)C)N(C)C(=O)O. The Morgan fingerprint density at radius 1 is 1.62 bits per heavy atom. The van der Waals surface area contributed by atoms with Crippen molar-refractivity contribution in [1.29, 1.82) is 0 Å². The fourth-order valence-corrected chi connectivity index (χ4v) is 1.02. The number of nitrogens with zero attached hydrogens (tertiary/aromatic N) is 1. The Hall–Kier alpha value is -1.17. The van der Waals surface area contributed by atoms with E-state index >= 15 is 0 Å². The molecule has 3 nitrogen and oxygen atoms in total. The van der Waals surface area contributed by atoms with E-state index in [9.17, 15) is 4.79 Å². The minimum Gasteiger partial charge on any atom is -0.465 e. The molecular weight excluding hydrogens is 166 g/mol. The predicted molar refractivity (Wildman–Crippen MR) is 52.5 cm³/mol. The van der Waals surface area contributed by atoms with E-state index in [-0.39, 0.29) is 11.5 Å². The molecule has 0 spiro atoms. The van der Waals surface area contributed by atoms with Gasteiger partial charge in [-0.2, -0.15) is 0 Å². The van der Waals surface area contributed by atoms with Crippen LogP contribution in [0.5, 0.6) is 0 Å². The molecular formula is C10H17NO2. The maximum absolute atomic E-state index is 10.6. The minimum absolute atomic E-state index is 0.0424. The summed E-state index contributed by atoms with van der Waals surface area (Å²) < 4.78 is 0. The lowest BCUT2D eigenvalue weighted by molar-refractivity contribution is 0.138. The number of carbonyl (C=O) groups is 1. The minimum atomic E-state index is -0.979. The van der Waals surface area contributed by atoms with Crippen LogP contribution in [0.2, 0.25) is 0 Å². The van der Waals surface area contributed by atoms with Crippen LogP contribution >= 0.6 is 0 Å². The normalized spacial score (nSPS) is 13.2. The summed E-state index contributed by atoms with van der Waals surface area (Å²) in [6.07, 6.45) is 4.96. The Balaban J connectivity index is 4.38. The van der Waals surface area contributed by atoms with Gasteiger partial charge < -0.3 is 5.11 Å². The van der Waals surface area contributed by atoms with Crippen LogP contribution in [-0.4, -0.2) is 29.2 Å². The maximum Gasteiger partial charge on any atom is 0.408 e. The van der Waals surface area contributed by atoms with Gasteiger partial charge in [-0.3, -0.25) is 4.90 Å². The second kappa shape index (κ2) is 4.18. The molecule has 0 aliphatic heterocycles. The van der Waals surface area contributed by atoms with E-state index in [0.29, 0.717) is 6.42 Å². The molecule has 1 unspecified atom stereocenters. The van der Waals surface area contributed by atoms with E-state index < -0.39 is 6.09 Å². The van der Waals surface area contributed by atoms with Crippen molar-refractivity contribution < 1.29 is 9.90 Å². The third-order valence-electron chi connectivity index (χ3n) is 1.77. The Kier molecular flexibility index (Phi) is 3.80. The van der Waals surface area contributed by atoms with Gasteiger partial charge in [-0.15, -0.1) is 6.42 Å². The summed E-state index contributed by atoms with van der Waals surface area (Å²) in [7, 11) is 1.50. The Morgan fingerprint density at radius 2 is 2.08 bits per heavy atom. The van der Waals surface area contributed by atoms with Crippen LogP contribution in [0.25, 0.3) is 0 Å². The van der Waals surface area contributed by atoms with Gasteiger partial charge in [0.2, 0.25) is 0 Å². The van der Waals surface area contributed by atoms with E-state index in [1.807, 2.05) is 20.8 Å². The predicted octanol–water partition coefficient (Wildman–Crippen LogP) is 2.03. The highest BCUT2D eigenvalue weighted by Gasteiger charge is 2.22. The lowest BCUT2D eigenvalue weighted by Crippen LogP contribution is -2.37. The topological polar surface area (TPSA) is 40.5 Å². The first-order chi connectivity index (χ1) is 5.78. The zero-order valence-corrected chi connectivity index (χ0v) is 8.66. The molecule has 0 fully saturated rings. The molecule has 0 rings (SSSR count). The van der Waals surface area contributed by atoms with Gasteiger partial charge >= 0.3 is 6.09 Å². The fraction of sp³-hybridized carbons (Fsp3) is 0.700. The number of hydrogen-bond donors (Lipinski definition) is 1. The second-order valence-corrected chi connectivity index (χ2v) is 4.34. The molecule has 1 amide bonds. The summed E-state index contributed by atoms with van der Waals surface area (Å²) in [6.45, 7) is 6.10. The highest BCUT2D eigenvalue weighted by Crippen LogP contribution is 2.22. The number of terminal acetylenes is 1. The van der Waals surface area contributed by atoms with Crippen molar-refractivity contribution in [3.05, 3.63) is 0 Å². The largest absolute Gasteiger partial charge is 0.465 e. The number of hydrogen-bond acceptors (Lipinski definition) is 1. The highest BCUT2D eigenvalue weighted by atomic mass is 16.4. The quantitative estimate of drug-likeness (QED) is 0.665. The number of rotatable bonds is 2. The zero-order valence-electron chi connectivity index (χ0n) is 8.66. The molecule has 0 aromatic rings. The molecule has 13 heavy (non-hydrogen) atoms.